The summed E-state index contributed by atoms with van der Waals surface area (Å²) in [5, 5.41) is 7.75. The first-order chi connectivity index (χ1) is 12.7. The lowest BCUT2D eigenvalue weighted by Crippen LogP contribution is -2.28. The van der Waals surface area contributed by atoms with Crippen LogP contribution >= 0.6 is 0 Å². The molecule has 2 heterocycles. The number of hydrogen-bond donors (Lipinski definition) is 2. The molecule has 0 unspecified atom stereocenters. The molecule has 0 spiro atoms. The van der Waals surface area contributed by atoms with E-state index in [1.165, 1.54) is 19.0 Å². The Balaban J connectivity index is 1.77. The van der Waals surface area contributed by atoms with Crippen molar-refractivity contribution in [1.82, 2.24) is 19.7 Å². The van der Waals surface area contributed by atoms with Crippen molar-refractivity contribution in [1.29, 1.82) is 0 Å². The second-order valence-corrected chi connectivity index (χ2v) is 8.38. The SMILES string of the molecule is Cc1nn(-c2ncc(C(N)=O)c(NCC3CC3)n2)c2c1C(=O)CC(C)(C)C2. The zero-order valence-corrected chi connectivity index (χ0v) is 15.9. The van der Waals surface area contributed by atoms with Gasteiger partial charge >= 0.3 is 0 Å². The van der Waals surface area contributed by atoms with E-state index in [-0.39, 0.29) is 16.8 Å². The highest BCUT2D eigenvalue weighted by Gasteiger charge is 2.36. The van der Waals surface area contributed by atoms with Gasteiger partial charge in [0.1, 0.15) is 5.82 Å². The first-order valence-corrected chi connectivity index (χ1v) is 9.28. The highest BCUT2D eigenvalue weighted by Crippen LogP contribution is 2.36. The zero-order valence-electron chi connectivity index (χ0n) is 15.9. The second kappa shape index (κ2) is 6.14. The number of carbonyl (C=O) groups is 2. The molecule has 0 atom stereocenters. The maximum Gasteiger partial charge on any atom is 0.254 e. The molecule has 2 aliphatic rings. The van der Waals surface area contributed by atoms with E-state index < -0.39 is 5.91 Å². The summed E-state index contributed by atoms with van der Waals surface area (Å²) >= 11 is 0. The molecule has 4 rings (SSSR count). The van der Waals surface area contributed by atoms with Crippen LogP contribution in [0.1, 0.15) is 65.2 Å². The van der Waals surface area contributed by atoms with E-state index in [9.17, 15) is 9.59 Å². The minimum atomic E-state index is -0.574. The van der Waals surface area contributed by atoms with Crippen LogP contribution in [-0.4, -0.2) is 38.0 Å². The molecule has 2 aromatic rings. The third-order valence-electron chi connectivity index (χ3n) is 5.21. The van der Waals surface area contributed by atoms with Gasteiger partial charge in [0.25, 0.3) is 11.9 Å². The van der Waals surface area contributed by atoms with Gasteiger partial charge in [0.15, 0.2) is 5.78 Å². The van der Waals surface area contributed by atoms with Gasteiger partial charge in [-0.2, -0.15) is 10.1 Å². The molecule has 142 valence electrons. The lowest BCUT2D eigenvalue weighted by molar-refractivity contribution is 0.0909. The number of rotatable bonds is 5. The summed E-state index contributed by atoms with van der Waals surface area (Å²) in [6.45, 7) is 6.72. The summed E-state index contributed by atoms with van der Waals surface area (Å²) < 4.78 is 1.64. The van der Waals surface area contributed by atoms with Gasteiger partial charge in [0, 0.05) is 19.2 Å². The van der Waals surface area contributed by atoms with Gasteiger partial charge in [-0.05, 0) is 37.5 Å². The van der Waals surface area contributed by atoms with Gasteiger partial charge in [-0.15, -0.1) is 0 Å². The Morgan fingerprint density at radius 1 is 1.37 bits per heavy atom. The van der Waals surface area contributed by atoms with E-state index in [4.69, 9.17) is 5.73 Å². The summed E-state index contributed by atoms with van der Waals surface area (Å²) in [7, 11) is 0. The molecule has 1 fully saturated rings. The summed E-state index contributed by atoms with van der Waals surface area (Å²) in [6, 6.07) is 0. The smallest absolute Gasteiger partial charge is 0.254 e. The fourth-order valence-corrected chi connectivity index (χ4v) is 3.66. The number of amides is 1. The first kappa shape index (κ1) is 17.6. The molecule has 8 nitrogen and oxygen atoms in total. The molecular weight excluding hydrogens is 344 g/mol. The quantitative estimate of drug-likeness (QED) is 0.834. The summed E-state index contributed by atoms with van der Waals surface area (Å²) in [4.78, 5) is 33.2. The number of aryl methyl sites for hydroxylation is 1. The fraction of sp³-hybridized carbons (Fsp3) is 0.526. The van der Waals surface area contributed by atoms with Crippen molar-refractivity contribution in [2.75, 3.05) is 11.9 Å². The van der Waals surface area contributed by atoms with Gasteiger partial charge in [-0.1, -0.05) is 13.8 Å². The standard InChI is InChI=1S/C19H24N6O2/c1-10-15-13(6-19(2,3)7-14(15)26)25(24-10)18-22-9-12(16(20)27)17(23-18)21-8-11-4-5-11/h9,11H,4-8H2,1-3H3,(H2,20,27)(H,21,22,23). The molecule has 0 radical (unpaired) electrons. The molecule has 0 aliphatic heterocycles. The predicted molar refractivity (Wildman–Crippen MR) is 100 cm³/mol. The molecule has 27 heavy (non-hydrogen) atoms. The monoisotopic (exact) mass is 368 g/mol. The van der Waals surface area contributed by atoms with Crippen LogP contribution in [0.15, 0.2) is 6.20 Å². The molecule has 1 amide bonds. The van der Waals surface area contributed by atoms with Crippen molar-refractivity contribution in [2.24, 2.45) is 17.1 Å². The van der Waals surface area contributed by atoms with Crippen molar-refractivity contribution in [3.63, 3.8) is 0 Å². The topological polar surface area (TPSA) is 116 Å². The van der Waals surface area contributed by atoms with Crippen LogP contribution < -0.4 is 11.1 Å². The Kier molecular flexibility index (Phi) is 4.01. The fourth-order valence-electron chi connectivity index (χ4n) is 3.66. The van der Waals surface area contributed by atoms with Gasteiger partial charge in [-0.3, -0.25) is 9.59 Å². The molecule has 8 heteroatoms. The summed E-state index contributed by atoms with van der Waals surface area (Å²) in [5.41, 5.74) is 7.76. The van der Waals surface area contributed by atoms with E-state index in [0.29, 0.717) is 41.8 Å². The lowest BCUT2D eigenvalue weighted by Gasteiger charge is -2.28. The van der Waals surface area contributed by atoms with Gasteiger partial charge in [-0.25, -0.2) is 9.67 Å². The van der Waals surface area contributed by atoms with Crippen LogP contribution in [0.3, 0.4) is 0 Å². The number of Topliss-reactive ketones (excluding diaryl/α,β-unsaturated/α-hetero) is 1. The number of hydrogen-bond acceptors (Lipinski definition) is 6. The number of carbonyl (C=O) groups excluding carboxylic acids is 2. The van der Waals surface area contributed by atoms with E-state index in [0.717, 1.165) is 12.2 Å². The number of anilines is 1. The number of nitrogens with two attached hydrogens (primary N) is 1. The Bertz CT molecular complexity index is 942. The highest BCUT2D eigenvalue weighted by atomic mass is 16.1. The third kappa shape index (κ3) is 3.31. The number of primary amides is 1. The Morgan fingerprint density at radius 3 is 2.78 bits per heavy atom. The molecule has 2 aliphatic carbocycles. The van der Waals surface area contributed by atoms with Crippen molar-refractivity contribution in [2.45, 2.75) is 46.5 Å². The molecular formula is C19H24N6O2. The minimum absolute atomic E-state index is 0.103. The van der Waals surface area contributed by atoms with Gasteiger partial charge < -0.3 is 11.1 Å². The van der Waals surface area contributed by atoms with Crippen molar-refractivity contribution in [3.8, 4) is 5.95 Å². The van der Waals surface area contributed by atoms with E-state index >= 15 is 0 Å². The van der Waals surface area contributed by atoms with Crippen molar-refractivity contribution < 1.29 is 9.59 Å². The van der Waals surface area contributed by atoms with Crippen LogP contribution in [0.5, 0.6) is 0 Å². The average Bonchev–Trinajstić information content (AvgIpc) is 3.34. The number of nitrogens with zero attached hydrogens (tertiary/aromatic N) is 4. The summed E-state index contributed by atoms with van der Waals surface area (Å²) in [6.07, 6.45) is 5.00. The van der Waals surface area contributed by atoms with Crippen LogP contribution in [0.4, 0.5) is 5.82 Å². The molecule has 1 saturated carbocycles. The molecule has 0 aromatic carbocycles. The van der Waals surface area contributed by atoms with Crippen LogP contribution in [0.2, 0.25) is 0 Å². The Morgan fingerprint density at radius 2 is 2.11 bits per heavy atom. The normalized spacial score (nSPS) is 18.3. The second-order valence-electron chi connectivity index (χ2n) is 8.38. The average molecular weight is 368 g/mol. The molecule has 0 bridgehead atoms. The van der Waals surface area contributed by atoms with E-state index in [1.54, 1.807) is 4.68 Å². The van der Waals surface area contributed by atoms with Gasteiger partial charge in [0.2, 0.25) is 0 Å². The van der Waals surface area contributed by atoms with Gasteiger partial charge in [0.05, 0.1) is 22.5 Å². The van der Waals surface area contributed by atoms with Crippen LogP contribution in [-0.2, 0) is 6.42 Å². The Hall–Kier alpha value is -2.77. The lowest BCUT2D eigenvalue weighted by atomic mass is 9.75. The molecule has 2 aromatic heterocycles. The first-order valence-electron chi connectivity index (χ1n) is 9.28. The molecule has 0 saturated heterocycles. The number of aromatic nitrogens is 4. The van der Waals surface area contributed by atoms with E-state index in [1.807, 2.05) is 6.92 Å². The summed E-state index contributed by atoms with van der Waals surface area (Å²) in [5.74, 6) is 0.902. The van der Waals surface area contributed by atoms with E-state index in [2.05, 4.69) is 34.2 Å². The van der Waals surface area contributed by atoms with Crippen molar-refractivity contribution in [3.05, 3.63) is 28.7 Å². The highest BCUT2D eigenvalue weighted by molar-refractivity contribution is 6.00. The van der Waals surface area contributed by atoms with Crippen LogP contribution in [0.25, 0.3) is 5.95 Å². The maximum atomic E-state index is 12.6. The number of fused-ring (bicyclic) bond motifs is 1. The number of ketones is 1. The van der Waals surface area contributed by atoms with Crippen LogP contribution in [0, 0.1) is 18.3 Å². The predicted octanol–water partition coefficient (Wildman–Crippen LogP) is 2.05. The third-order valence-corrected chi connectivity index (χ3v) is 5.21. The minimum Gasteiger partial charge on any atom is -0.369 e. The van der Waals surface area contributed by atoms with Crippen molar-refractivity contribution >= 4 is 17.5 Å². The zero-order chi connectivity index (χ0) is 19.3. The maximum absolute atomic E-state index is 12.6. The Labute approximate surface area is 157 Å². The largest absolute Gasteiger partial charge is 0.369 e. The number of nitrogens with one attached hydrogen (secondary N) is 1. The molecule has 3 N–H and O–H groups in total.